The Hall–Kier alpha value is -1.76. The summed E-state index contributed by atoms with van der Waals surface area (Å²) >= 11 is 0. The number of rotatable bonds is 4. The van der Waals surface area contributed by atoms with Gasteiger partial charge in [0.05, 0.1) is 6.26 Å². The Kier molecular flexibility index (Phi) is 4.55. The lowest BCUT2D eigenvalue weighted by Gasteiger charge is -2.18. The molecule has 0 atom stereocenters. The summed E-state index contributed by atoms with van der Waals surface area (Å²) in [4.78, 5) is 6.52. The number of benzene rings is 1. The topological polar surface area (TPSA) is 71.0 Å². The van der Waals surface area contributed by atoms with Gasteiger partial charge in [0.2, 0.25) is 10.0 Å². The quantitative estimate of drug-likeness (QED) is 0.511. The first-order valence-electron chi connectivity index (χ1n) is 5.23. The summed E-state index contributed by atoms with van der Waals surface area (Å²) in [6.45, 7) is 1.81. The number of sulfonamides is 1. The Morgan fingerprint density at radius 1 is 1.33 bits per heavy atom. The highest BCUT2D eigenvalue weighted by molar-refractivity contribution is 7.92. The van der Waals surface area contributed by atoms with Gasteiger partial charge in [-0.25, -0.2) is 8.42 Å². The monoisotopic (exact) mass is 271 g/mol. The fourth-order valence-electron chi connectivity index (χ4n) is 1.35. The first-order valence-corrected chi connectivity index (χ1v) is 7.12. The van der Waals surface area contributed by atoms with Gasteiger partial charge in [-0.15, -0.1) is 0 Å². The highest BCUT2D eigenvalue weighted by Gasteiger charge is 2.06. The number of hydrogen-bond acceptors (Lipinski definition) is 4. The fourth-order valence-corrected chi connectivity index (χ4v) is 1.91. The molecule has 100 valence electrons. The van der Waals surface area contributed by atoms with Crippen molar-refractivity contribution in [2.75, 3.05) is 30.0 Å². The van der Waals surface area contributed by atoms with E-state index in [1.165, 1.54) is 7.11 Å². The van der Waals surface area contributed by atoms with E-state index in [0.29, 0.717) is 11.5 Å². The number of nitrogens with zero attached hydrogens (tertiary/aromatic N) is 2. The summed E-state index contributed by atoms with van der Waals surface area (Å²) in [7, 11) is 0.0842. The van der Waals surface area contributed by atoms with Gasteiger partial charge in [-0.05, 0) is 31.2 Å². The van der Waals surface area contributed by atoms with Gasteiger partial charge in [-0.3, -0.25) is 4.72 Å². The highest BCUT2D eigenvalue weighted by atomic mass is 32.2. The molecule has 0 aliphatic heterocycles. The molecule has 0 radical (unpaired) electrons. The van der Waals surface area contributed by atoms with E-state index in [2.05, 4.69) is 9.88 Å². The van der Waals surface area contributed by atoms with Crippen LogP contribution in [0.1, 0.15) is 6.92 Å². The average molecular weight is 271 g/mol. The number of anilines is 2. The van der Waals surface area contributed by atoms with E-state index in [1.807, 2.05) is 18.9 Å². The van der Waals surface area contributed by atoms with Crippen molar-refractivity contribution in [3.63, 3.8) is 0 Å². The van der Waals surface area contributed by atoms with Crippen LogP contribution in [0.4, 0.5) is 11.4 Å². The molecular formula is C11H17N3O3S. The van der Waals surface area contributed by atoms with Gasteiger partial charge >= 0.3 is 0 Å². The van der Waals surface area contributed by atoms with Gasteiger partial charge < -0.3 is 9.74 Å². The molecule has 6 nitrogen and oxygen atoms in total. The number of hydrogen-bond donors (Lipinski definition) is 1. The molecule has 1 N–H and O–H groups in total. The molecule has 0 amide bonds. The van der Waals surface area contributed by atoms with E-state index in [1.54, 1.807) is 24.3 Å². The van der Waals surface area contributed by atoms with Crippen LogP contribution in [-0.2, 0) is 14.9 Å². The maximum atomic E-state index is 11.1. The zero-order valence-electron chi connectivity index (χ0n) is 10.8. The molecule has 18 heavy (non-hydrogen) atoms. The second-order valence-corrected chi connectivity index (χ2v) is 5.55. The van der Waals surface area contributed by atoms with Crippen LogP contribution in [-0.4, -0.2) is 34.7 Å². The summed E-state index contributed by atoms with van der Waals surface area (Å²) in [5.74, 6) is 0.696. The van der Waals surface area contributed by atoms with Gasteiger partial charge in [-0.1, -0.05) is 5.16 Å². The summed E-state index contributed by atoms with van der Waals surface area (Å²) in [5.41, 5.74) is 1.41. The molecule has 0 saturated carbocycles. The third-order valence-corrected chi connectivity index (χ3v) is 2.87. The van der Waals surface area contributed by atoms with Crippen molar-refractivity contribution in [3.8, 4) is 0 Å². The number of oxime groups is 1. The van der Waals surface area contributed by atoms with Gasteiger partial charge in [0, 0.05) is 18.4 Å². The molecule has 0 aliphatic carbocycles. The van der Waals surface area contributed by atoms with E-state index in [-0.39, 0.29) is 0 Å². The van der Waals surface area contributed by atoms with Crippen LogP contribution in [0, 0.1) is 0 Å². The molecule has 0 bridgehead atoms. The largest absolute Gasteiger partial charge is 0.398 e. The van der Waals surface area contributed by atoms with Crippen LogP contribution in [0.25, 0.3) is 0 Å². The van der Waals surface area contributed by atoms with Crippen molar-refractivity contribution in [3.05, 3.63) is 24.3 Å². The lowest BCUT2D eigenvalue weighted by Crippen LogP contribution is -2.23. The Balaban J connectivity index is 2.86. The molecule has 0 spiro atoms. The van der Waals surface area contributed by atoms with Gasteiger partial charge in [0.1, 0.15) is 12.9 Å². The molecule has 0 heterocycles. The minimum atomic E-state index is -3.24. The van der Waals surface area contributed by atoms with E-state index in [0.717, 1.165) is 11.9 Å². The summed E-state index contributed by atoms with van der Waals surface area (Å²) < 4.78 is 24.5. The zero-order chi connectivity index (χ0) is 13.8. The lowest BCUT2D eigenvalue weighted by molar-refractivity contribution is 0.212. The zero-order valence-corrected chi connectivity index (χ0v) is 11.7. The van der Waals surface area contributed by atoms with Gasteiger partial charge in [0.25, 0.3) is 0 Å². The Morgan fingerprint density at radius 3 is 2.33 bits per heavy atom. The van der Waals surface area contributed by atoms with Crippen molar-refractivity contribution < 1.29 is 13.3 Å². The van der Waals surface area contributed by atoms with E-state index in [9.17, 15) is 8.42 Å². The van der Waals surface area contributed by atoms with Crippen LogP contribution in [0.5, 0.6) is 0 Å². The molecule has 0 aliphatic rings. The third-order valence-electron chi connectivity index (χ3n) is 2.27. The van der Waals surface area contributed by atoms with Gasteiger partial charge in [-0.2, -0.15) is 0 Å². The molecule has 0 saturated heterocycles. The van der Waals surface area contributed by atoms with Crippen LogP contribution >= 0.6 is 0 Å². The summed E-state index contributed by atoms with van der Waals surface area (Å²) in [5, 5.41) is 3.81. The molecule has 0 aromatic heterocycles. The van der Waals surface area contributed by atoms with E-state index < -0.39 is 10.0 Å². The molecular weight excluding hydrogens is 254 g/mol. The van der Waals surface area contributed by atoms with Crippen LogP contribution < -0.4 is 9.62 Å². The maximum Gasteiger partial charge on any atom is 0.229 e. The average Bonchev–Trinajstić information content (AvgIpc) is 2.27. The minimum absolute atomic E-state index is 0.524. The Labute approximate surface area is 107 Å². The summed E-state index contributed by atoms with van der Waals surface area (Å²) in [6.07, 6.45) is 1.11. The molecule has 0 unspecified atom stereocenters. The fraction of sp³-hybridized carbons (Fsp3) is 0.364. The highest BCUT2D eigenvalue weighted by Crippen LogP contribution is 2.17. The van der Waals surface area contributed by atoms with Crippen LogP contribution in [0.15, 0.2) is 29.4 Å². The first kappa shape index (κ1) is 14.3. The maximum absolute atomic E-state index is 11.1. The second-order valence-electron chi connectivity index (χ2n) is 3.80. The summed E-state index contributed by atoms with van der Waals surface area (Å²) in [6, 6.07) is 6.96. The Morgan fingerprint density at radius 2 is 1.89 bits per heavy atom. The Bertz CT molecular complexity index is 523. The molecule has 0 fully saturated rings. The molecule has 1 rings (SSSR count). The van der Waals surface area contributed by atoms with Crippen molar-refractivity contribution >= 4 is 27.2 Å². The second kappa shape index (κ2) is 5.72. The first-order chi connectivity index (χ1) is 8.33. The van der Waals surface area contributed by atoms with Crippen molar-refractivity contribution in [1.82, 2.24) is 0 Å². The normalized spacial score (nSPS) is 12.1. The number of nitrogens with one attached hydrogen (secondary N) is 1. The van der Waals surface area contributed by atoms with E-state index >= 15 is 0 Å². The predicted molar refractivity (Wildman–Crippen MR) is 73.4 cm³/mol. The van der Waals surface area contributed by atoms with E-state index in [4.69, 9.17) is 4.84 Å². The van der Waals surface area contributed by atoms with Crippen LogP contribution in [0.3, 0.4) is 0 Å². The van der Waals surface area contributed by atoms with Crippen LogP contribution in [0.2, 0.25) is 0 Å². The predicted octanol–water partition coefficient (Wildman–Crippen LogP) is 1.47. The minimum Gasteiger partial charge on any atom is -0.398 e. The van der Waals surface area contributed by atoms with Crippen molar-refractivity contribution in [2.45, 2.75) is 6.92 Å². The van der Waals surface area contributed by atoms with Crippen molar-refractivity contribution in [2.24, 2.45) is 5.16 Å². The van der Waals surface area contributed by atoms with Gasteiger partial charge in [0.15, 0.2) is 0 Å². The standard InChI is InChI=1S/C11H17N3O3S/c1-9(12-17-3)14(2)11-7-5-10(6-8-11)13-18(4,15)16/h5-8,13H,1-4H3. The number of amidine groups is 1. The van der Waals surface area contributed by atoms with Crippen molar-refractivity contribution in [1.29, 1.82) is 0 Å². The molecule has 1 aromatic carbocycles. The molecule has 7 heteroatoms. The lowest BCUT2D eigenvalue weighted by atomic mass is 10.2. The SMILES string of the molecule is CON=C(C)N(C)c1ccc(NS(C)(=O)=O)cc1. The molecule has 1 aromatic rings. The third kappa shape index (κ3) is 4.25. The smallest absolute Gasteiger partial charge is 0.229 e.